The molecular weight excluding hydrogens is 462 g/mol. The smallest absolute Gasteiger partial charge is 0.272 e. The van der Waals surface area contributed by atoms with Gasteiger partial charge in [-0.25, -0.2) is 8.42 Å². The van der Waals surface area contributed by atoms with Crippen molar-refractivity contribution < 1.29 is 18.3 Å². The summed E-state index contributed by atoms with van der Waals surface area (Å²) in [5, 5.41) is 26.1. The van der Waals surface area contributed by atoms with E-state index in [0.717, 1.165) is 23.3 Å². The average Bonchev–Trinajstić information content (AvgIpc) is 3.22. The Kier molecular flexibility index (Phi) is 7.42. The van der Waals surface area contributed by atoms with Crippen LogP contribution in [0.4, 0.5) is 17.1 Å². The number of rotatable bonds is 9. The maximum atomic E-state index is 13.1. The molecule has 1 N–H and O–H groups in total. The second-order valence-electron chi connectivity index (χ2n) is 8.22. The molecule has 11 nitrogen and oxygen atoms in total. The first-order valence-corrected chi connectivity index (χ1v) is 11.9. The molecule has 1 heterocycles. The van der Waals surface area contributed by atoms with Crippen LogP contribution in [0.15, 0.2) is 64.6 Å². The summed E-state index contributed by atoms with van der Waals surface area (Å²) < 4.78 is 27.6. The van der Waals surface area contributed by atoms with Gasteiger partial charge in [0.05, 0.1) is 20.8 Å². The third-order valence-corrected chi connectivity index (χ3v) is 7.62. The third kappa shape index (κ3) is 5.46. The summed E-state index contributed by atoms with van der Waals surface area (Å²) in [6, 6.07) is 9.92. The van der Waals surface area contributed by atoms with Gasteiger partial charge in [-0.2, -0.15) is 9.41 Å². The van der Waals surface area contributed by atoms with Gasteiger partial charge >= 0.3 is 5.69 Å². The van der Waals surface area contributed by atoms with E-state index in [0.29, 0.717) is 13.0 Å². The minimum absolute atomic E-state index is 0.0123. The van der Waals surface area contributed by atoms with Crippen molar-refractivity contribution in [2.45, 2.75) is 25.2 Å². The molecule has 1 aliphatic heterocycles. The number of anilines is 1. The zero-order chi connectivity index (χ0) is 25.0. The molecule has 180 valence electrons. The number of nitrogens with one attached hydrogen (secondary N) is 1. The summed E-state index contributed by atoms with van der Waals surface area (Å²) in [5.74, 6) is -0.143. The van der Waals surface area contributed by atoms with Crippen LogP contribution in [-0.2, 0) is 10.0 Å². The molecule has 0 aromatic heterocycles. The first-order valence-electron chi connectivity index (χ1n) is 10.4. The number of benzene rings is 2. The Morgan fingerprint density at radius 1 is 1.18 bits per heavy atom. The highest BCUT2D eigenvalue weighted by atomic mass is 32.2. The van der Waals surface area contributed by atoms with E-state index >= 15 is 0 Å². The minimum atomic E-state index is -3.65. The molecule has 0 spiro atoms. The number of nitro benzene ring substituents is 2. The maximum Gasteiger partial charge on any atom is 0.301 e. The molecule has 12 heteroatoms. The topological polar surface area (TPSA) is 148 Å². The van der Waals surface area contributed by atoms with E-state index in [9.17, 15) is 28.6 Å². The minimum Gasteiger partial charge on any atom is -0.272 e. The van der Waals surface area contributed by atoms with Crippen molar-refractivity contribution in [2.24, 2.45) is 16.9 Å². The Hall–Kier alpha value is -3.64. The molecule has 34 heavy (non-hydrogen) atoms. The van der Waals surface area contributed by atoms with Crippen molar-refractivity contribution in [3.05, 3.63) is 80.4 Å². The lowest BCUT2D eigenvalue weighted by molar-refractivity contribution is -0.393. The molecule has 0 saturated carbocycles. The number of nitrogens with zero attached hydrogens (tertiary/aromatic N) is 4. The number of hydrazone groups is 1. The fourth-order valence-corrected chi connectivity index (χ4v) is 5.39. The number of nitro groups is 2. The standard InChI is InChI=1S/C22H25N5O6S/c1-15(2)20-14-25(34(32,33)19-7-4-16(3)5-8-19)13-17(20)10-11-23-24-21-9-6-18(26(28)29)12-22(21)27(30)31/h4-9,11-12,17,20,24H,1,10,13-14H2,2-3H3/b23-11+/t17-,20-/m0/s1. The molecule has 2 aromatic rings. The molecule has 0 unspecified atom stereocenters. The Balaban J connectivity index is 1.71. The van der Waals surface area contributed by atoms with Crippen molar-refractivity contribution in [2.75, 3.05) is 18.5 Å². The fraction of sp³-hybridized carbons (Fsp3) is 0.318. The number of sulfonamides is 1. The van der Waals surface area contributed by atoms with E-state index < -0.39 is 31.2 Å². The zero-order valence-electron chi connectivity index (χ0n) is 18.7. The summed E-state index contributed by atoms with van der Waals surface area (Å²) in [5.41, 5.74) is 3.53. The van der Waals surface area contributed by atoms with Gasteiger partial charge in [0.15, 0.2) is 0 Å². The lowest BCUT2D eigenvalue weighted by Crippen LogP contribution is -2.29. The Morgan fingerprint density at radius 3 is 2.44 bits per heavy atom. The van der Waals surface area contributed by atoms with Crippen LogP contribution in [0.2, 0.25) is 0 Å². The summed E-state index contributed by atoms with van der Waals surface area (Å²) >= 11 is 0. The molecule has 0 radical (unpaired) electrons. The normalized spacial score (nSPS) is 18.8. The van der Waals surface area contributed by atoms with Gasteiger partial charge < -0.3 is 0 Å². The second kappa shape index (κ2) is 10.1. The average molecular weight is 488 g/mol. The van der Waals surface area contributed by atoms with Gasteiger partial charge in [-0.15, -0.1) is 0 Å². The highest BCUT2D eigenvalue weighted by molar-refractivity contribution is 7.89. The summed E-state index contributed by atoms with van der Waals surface area (Å²) in [4.78, 5) is 20.9. The second-order valence-corrected chi connectivity index (χ2v) is 10.2. The molecule has 2 atom stereocenters. The molecule has 1 fully saturated rings. The van der Waals surface area contributed by atoms with Gasteiger partial charge in [0.25, 0.3) is 5.69 Å². The first-order chi connectivity index (χ1) is 16.0. The van der Waals surface area contributed by atoms with Crippen molar-refractivity contribution in [1.29, 1.82) is 0 Å². The van der Waals surface area contributed by atoms with Crippen LogP contribution in [0.3, 0.4) is 0 Å². The largest absolute Gasteiger partial charge is 0.301 e. The number of hydrogen-bond donors (Lipinski definition) is 1. The Morgan fingerprint density at radius 2 is 1.85 bits per heavy atom. The Bertz CT molecular complexity index is 1240. The Labute approximate surface area is 197 Å². The van der Waals surface area contributed by atoms with Gasteiger partial charge in [-0.3, -0.25) is 25.7 Å². The molecule has 0 aliphatic carbocycles. The van der Waals surface area contributed by atoms with Crippen LogP contribution in [0, 0.1) is 39.0 Å². The van der Waals surface area contributed by atoms with Crippen molar-refractivity contribution >= 4 is 33.3 Å². The fourth-order valence-electron chi connectivity index (χ4n) is 3.87. The first kappa shape index (κ1) is 25.0. The monoisotopic (exact) mass is 487 g/mol. The molecular formula is C22H25N5O6S. The van der Waals surface area contributed by atoms with Crippen LogP contribution in [-0.4, -0.2) is 41.9 Å². The van der Waals surface area contributed by atoms with E-state index in [-0.39, 0.29) is 29.0 Å². The van der Waals surface area contributed by atoms with Crippen LogP contribution >= 0.6 is 0 Å². The molecule has 0 amide bonds. The van der Waals surface area contributed by atoms with Crippen LogP contribution in [0.5, 0.6) is 0 Å². The number of aryl methyl sites for hydroxylation is 1. The van der Waals surface area contributed by atoms with Crippen LogP contribution in [0.25, 0.3) is 0 Å². The SMILES string of the molecule is C=C(C)[C@@H]1CN(S(=O)(=O)c2ccc(C)cc2)C[C@@H]1C/C=N/Nc1ccc([N+](=O)[O-])cc1[N+](=O)[O-]. The van der Waals surface area contributed by atoms with E-state index in [1.54, 1.807) is 24.3 Å². The van der Waals surface area contributed by atoms with E-state index in [1.807, 2.05) is 13.8 Å². The molecule has 0 bridgehead atoms. The zero-order valence-corrected chi connectivity index (χ0v) is 19.6. The molecule has 1 saturated heterocycles. The number of hydrogen-bond acceptors (Lipinski definition) is 8. The van der Waals surface area contributed by atoms with Gasteiger partial charge in [-0.05, 0) is 50.3 Å². The highest BCUT2D eigenvalue weighted by Gasteiger charge is 2.39. The summed E-state index contributed by atoms with van der Waals surface area (Å²) in [6.45, 7) is 8.35. The predicted molar refractivity (Wildman–Crippen MR) is 128 cm³/mol. The maximum absolute atomic E-state index is 13.1. The van der Waals surface area contributed by atoms with E-state index in [1.165, 1.54) is 16.6 Å². The summed E-state index contributed by atoms with van der Waals surface area (Å²) in [7, 11) is -3.65. The van der Waals surface area contributed by atoms with E-state index in [4.69, 9.17) is 0 Å². The highest BCUT2D eigenvalue weighted by Crippen LogP contribution is 2.34. The van der Waals surface area contributed by atoms with Gasteiger partial charge in [0.1, 0.15) is 5.69 Å². The van der Waals surface area contributed by atoms with Crippen molar-refractivity contribution in [3.63, 3.8) is 0 Å². The van der Waals surface area contributed by atoms with Gasteiger partial charge in [0.2, 0.25) is 10.0 Å². The summed E-state index contributed by atoms with van der Waals surface area (Å²) in [6.07, 6.45) is 1.93. The lowest BCUT2D eigenvalue weighted by Gasteiger charge is -2.16. The van der Waals surface area contributed by atoms with Crippen LogP contribution in [0.1, 0.15) is 18.9 Å². The van der Waals surface area contributed by atoms with Gasteiger partial charge in [0, 0.05) is 25.4 Å². The quantitative estimate of drug-likeness (QED) is 0.242. The predicted octanol–water partition coefficient (Wildman–Crippen LogP) is 4.11. The van der Waals surface area contributed by atoms with Crippen molar-refractivity contribution in [1.82, 2.24) is 4.31 Å². The van der Waals surface area contributed by atoms with Gasteiger partial charge in [-0.1, -0.05) is 29.8 Å². The molecule has 1 aliphatic rings. The lowest BCUT2D eigenvalue weighted by atomic mass is 9.88. The van der Waals surface area contributed by atoms with E-state index in [2.05, 4.69) is 17.1 Å². The molecule has 3 rings (SSSR count). The molecule has 2 aromatic carbocycles. The van der Waals surface area contributed by atoms with Crippen molar-refractivity contribution in [3.8, 4) is 0 Å². The van der Waals surface area contributed by atoms with Crippen LogP contribution < -0.4 is 5.43 Å². The third-order valence-electron chi connectivity index (χ3n) is 5.77. The number of non-ortho nitro benzene ring substituents is 1.